The zero-order valence-corrected chi connectivity index (χ0v) is 12.2. The van der Waals surface area contributed by atoms with Crippen LogP contribution in [0.4, 0.5) is 0 Å². The molecule has 0 aliphatic heterocycles. The fourth-order valence-corrected chi connectivity index (χ4v) is 3.06. The van der Waals surface area contributed by atoms with Crippen molar-refractivity contribution < 1.29 is 10.2 Å². The van der Waals surface area contributed by atoms with E-state index < -0.39 is 11.7 Å². The third-order valence-electron chi connectivity index (χ3n) is 4.42. The summed E-state index contributed by atoms with van der Waals surface area (Å²) in [6.07, 6.45) is 14.3. The first-order chi connectivity index (χ1) is 8.69. The fraction of sp³-hybridized carbons (Fsp3) is 1.00. The van der Waals surface area contributed by atoms with Gasteiger partial charge in [-0.15, -0.1) is 0 Å². The van der Waals surface area contributed by atoms with Gasteiger partial charge in [-0.3, -0.25) is 0 Å². The first-order valence-electron chi connectivity index (χ1n) is 8.09. The molecule has 0 bridgehead atoms. The highest BCUT2D eigenvalue weighted by Gasteiger charge is 2.37. The van der Waals surface area contributed by atoms with E-state index in [1.807, 2.05) is 0 Å². The summed E-state index contributed by atoms with van der Waals surface area (Å²) in [6, 6.07) is 0. The summed E-state index contributed by atoms with van der Waals surface area (Å²) in [7, 11) is 0. The molecule has 0 radical (unpaired) electrons. The van der Waals surface area contributed by atoms with Gasteiger partial charge in [0.1, 0.15) is 0 Å². The Hall–Kier alpha value is -0.0800. The molecule has 1 unspecified atom stereocenters. The third kappa shape index (κ3) is 5.71. The molecular weight excluding hydrogens is 224 g/mol. The van der Waals surface area contributed by atoms with Gasteiger partial charge in [0.15, 0.2) is 0 Å². The number of hydrogen-bond donors (Lipinski definition) is 2. The zero-order valence-electron chi connectivity index (χ0n) is 12.2. The van der Waals surface area contributed by atoms with E-state index >= 15 is 0 Å². The normalized spacial score (nSPS) is 20.2. The predicted molar refractivity (Wildman–Crippen MR) is 76.7 cm³/mol. The Kier molecular flexibility index (Phi) is 7.92. The maximum Gasteiger partial charge on any atom is 0.0905 e. The molecular formula is C16H32O2. The zero-order chi connectivity index (χ0) is 13.3. The molecule has 0 heterocycles. The van der Waals surface area contributed by atoms with Crippen LogP contribution in [0.15, 0.2) is 0 Å². The Labute approximate surface area is 113 Å². The molecule has 2 N–H and O–H groups in total. The number of aliphatic hydroxyl groups is 2. The summed E-state index contributed by atoms with van der Waals surface area (Å²) in [6.45, 7) is 2.25. The Morgan fingerprint density at radius 1 is 0.889 bits per heavy atom. The molecule has 0 aromatic carbocycles. The summed E-state index contributed by atoms with van der Waals surface area (Å²) in [5.41, 5.74) is -0.749. The van der Waals surface area contributed by atoms with E-state index in [1.165, 1.54) is 44.9 Å². The van der Waals surface area contributed by atoms with Crippen LogP contribution in [-0.4, -0.2) is 21.9 Å². The average molecular weight is 256 g/mol. The Balaban J connectivity index is 1.94. The summed E-state index contributed by atoms with van der Waals surface area (Å²) in [5.74, 6) is 0. The van der Waals surface area contributed by atoms with Crippen molar-refractivity contribution in [3.63, 3.8) is 0 Å². The van der Waals surface area contributed by atoms with E-state index in [4.69, 9.17) is 0 Å². The minimum absolute atomic E-state index is 0.486. The third-order valence-corrected chi connectivity index (χ3v) is 4.42. The molecule has 18 heavy (non-hydrogen) atoms. The van der Waals surface area contributed by atoms with Crippen LogP contribution in [0, 0.1) is 0 Å². The maximum absolute atomic E-state index is 10.2. The molecule has 1 atom stereocenters. The minimum atomic E-state index is -0.749. The number of aliphatic hydroxyl groups excluding tert-OH is 1. The molecule has 1 aliphatic carbocycles. The van der Waals surface area contributed by atoms with Crippen molar-refractivity contribution in [1.29, 1.82) is 0 Å². The average Bonchev–Trinajstić information content (AvgIpc) is 2.81. The molecule has 0 aromatic rings. The molecule has 2 nitrogen and oxygen atoms in total. The van der Waals surface area contributed by atoms with Gasteiger partial charge in [-0.2, -0.15) is 0 Å². The van der Waals surface area contributed by atoms with Gasteiger partial charge in [-0.25, -0.2) is 0 Å². The van der Waals surface area contributed by atoms with Crippen molar-refractivity contribution >= 4 is 0 Å². The van der Waals surface area contributed by atoms with E-state index in [9.17, 15) is 10.2 Å². The van der Waals surface area contributed by atoms with E-state index in [0.29, 0.717) is 0 Å². The Bertz CT molecular complexity index is 197. The highest BCUT2D eigenvalue weighted by Crippen LogP contribution is 2.34. The molecule has 108 valence electrons. The minimum Gasteiger partial charge on any atom is -0.390 e. The summed E-state index contributed by atoms with van der Waals surface area (Å²) in [5, 5.41) is 20.2. The second-order valence-electron chi connectivity index (χ2n) is 6.09. The maximum atomic E-state index is 10.2. The molecule has 1 fully saturated rings. The van der Waals surface area contributed by atoms with Crippen LogP contribution in [0.5, 0.6) is 0 Å². The molecule has 0 aromatic heterocycles. The van der Waals surface area contributed by atoms with Crippen molar-refractivity contribution in [3.05, 3.63) is 0 Å². The topological polar surface area (TPSA) is 40.5 Å². The Morgan fingerprint density at radius 3 is 1.94 bits per heavy atom. The van der Waals surface area contributed by atoms with E-state index in [1.54, 1.807) is 0 Å². The smallest absolute Gasteiger partial charge is 0.0905 e. The van der Waals surface area contributed by atoms with Crippen molar-refractivity contribution in [2.45, 2.75) is 102 Å². The van der Waals surface area contributed by atoms with Gasteiger partial charge >= 0.3 is 0 Å². The van der Waals surface area contributed by atoms with Crippen LogP contribution >= 0.6 is 0 Å². The van der Waals surface area contributed by atoms with Crippen molar-refractivity contribution in [2.75, 3.05) is 0 Å². The predicted octanol–water partition coefficient (Wildman–Crippen LogP) is 4.18. The summed E-state index contributed by atoms with van der Waals surface area (Å²) >= 11 is 0. The summed E-state index contributed by atoms with van der Waals surface area (Å²) in [4.78, 5) is 0. The first-order valence-corrected chi connectivity index (χ1v) is 8.09. The molecule has 0 saturated heterocycles. The molecule has 0 spiro atoms. The monoisotopic (exact) mass is 256 g/mol. The van der Waals surface area contributed by atoms with Crippen LogP contribution in [0.25, 0.3) is 0 Å². The number of rotatable bonds is 10. The van der Waals surface area contributed by atoms with Crippen LogP contribution in [-0.2, 0) is 0 Å². The van der Waals surface area contributed by atoms with Gasteiger partial charge in [0, 0.05) is 0 Å². The highest BCUT2D eigenvalue weighted by atomic mass is 16.3. The summed E-state index contributed by atoms with van der Waals surface area (Å²) < 4.78 is 0. The van der Waals surface area contributed by atoms with Gasteiger partial charge in [-0.05, 0) is 19.3 Å². The standard InChI is InChI=1S/C16H32O2/c1-2-3-4-5-6-7-8-9-12-15(17)16(18)13-10-11-14-16/h15,17-18H,2-14H2,1H3. The van der Waals surface area contributed by atoms with E-state index in [0.717, 1.165) is 38.5 Å². The van der Waals surface area contributed by atoms with Crippen molar-refractivity contribution in [3.8, 4) is 0 Å². The van der Waals surface area contributed by atoms with Crippen LogP contribution in [0.3, 0.4) is 0 Å². The number of hydrogen-bond acceptors (Lipinski definition) is 2. The SMILES string of the molecule is CCCCCCCCCCC(O)C1(O)CCCC1. The lowest BCUT2D eigenvalue weighted by Gasteiger charge is -2.28. The quantitative estimate of drug-likeness (QED) is 0.576. The van der Waals surface area contributed by atoms with Crippen LogP contribution < -0.4 is 0 Å². The lowest BCUT2D eigenvalue weighted by molar-refractivity contribution is -0.0736. The van der Waals surface area contributed by atoms with E-state index in [2.05, 4.69) is 6.92 Å². The first kappa shape index (κ1) is 16.0. The lowest BCUT2D eigenvalue weighted by atomic mass is 9.91. The van der Waals surface area contributed by atoms with Gasteiger partial charge in [-0.1, -0.05) is 71.1 Å². The molecule has 1 rings (SSSR count). The molecule has 2 heteroatoms. The molecule has 1 saturated carbocycles. The largest absolute Gasteiger partial charge is 0.390 e. The van der Waals surface area contributed by atoms with Gasteiger partial charge in [0.2, 0.25) is 0 Å². The van der Waals surface area contributed by atoms with E-state index in [-0.39, 0.29) is 0 Å². The second kappa shape index (κ2) is 8.92. The van der Waals surface area contributed by atoms with Gasteiger partial charge in [0.25, 0.3) is 0 Å². The molecule has 1 aliphatic rings. The van der Waals surface area contributed by atoms with Crippen molar-refractivity contribution in [2.24, 2.45) is 0 Å². The van der Waals surface area contributed by atoms with Crippen LogP contribution in [0.2, 0.25) is 0 Å². The highest BCUT2D eigenvalue weighted by molar-refractivity contribution is 4.90. The number of unbranched alkanes of at least 4 members (excludes halogenated alkanes) is 7. The second-order valence-corrected chi connectivity index (χ2v) is 6.09. The van der Waals surface area contributed by atoms with Gasteiger partial charge < -0.3 is 10.2 Å². The molecule has 0 amide bonds. The van der Waals surface area contributed by atoms with Gasteiger partial charge in [0.05, 0.1) is 11.7 Å². The van der Waals surface area contributed by atoms with Crippen LogP contribution in [0.1, 0.15) is 90.4 Å². The fourth-order valence-electron chi connectivity index (χ4n) is 3.06. The Morgan fingerprint density at radius 2 is 1.39 bits per heavy atom. The van der Waals surface area contributed by atoms with Crippen molar-refractivity contribution in [1.82, 2.24) is 0 Å². The lowest BCUT2D eigenvalue weighted by Crippen LogP contribution is -2.39.